The number of sulfonamides is 1. The molecule has 1 N–H and O–H groups in total. The van der Waals surface area contributed by atoms with Gasteiger partial charge >= 0.3 is 6.18 Å². The van der Waals surface area contributed by atoms with Crippen LogP contribution in [0.15, 0.2) is 24.3 Å². The maximum atomic E-state index is 12.9. The zero-order valence-electron chi connectivity index (χ0n) is 13.7. The number of halogens is 3. The van der Waals surface area contributed by atoms with Gasteiger partial charge in [-0.05, 0) is 19.2 Å². The van der Waals surface area contributed by atoms with Crippen LogP contribution in [-0.4, -0.2) is 62.5 Å². The molecule has 0 aliphatic carbocycles. The number of nitrogens with one attached hydrogen (secondary N) is 1. The molecule has 1 fully saturated rings. The second kappa shape index (κ2) is 7.71. The van der Waals surface area contributed by atoms with Crippen LogP contribution in [0.25, 0.3) is 0 Å². The molecular formula is C15H20F3N3O3S. The van der Waals surface area contributed by atoms with E-state index < -0.39 is 39.8 Å². The number of likely N-dealkylation sites (N-methyl/N-ethyl adjacent to an activating group) is 1. The second-order valence-electron chi connectivity index (χ2n) is 5.86. The Morgan fingerprint density at radius 2 is 1.76 bits per heavy atom. The van der Waals surface area contributed by atoms with E-state index >= 15 is 0 Å². The topological polar surface area (TPSA) is 69.7 Å². The molecule has 140 valence electrons. The van der Waals surface area contributed by atoms with Crippen molar-refractivity contribution in [2.45, 2.75) is 12.6 Å². The maximum absolute atomic E-state index is 12.9. The van der Waals surface area contributed by atoms with E-state index in [-0.39, 0.29) is 5.69 Å². The normalized spacial score (nSPS) is 17.4. The van der Waals surface area contributed by atoms with Crippen molar-refractivity contribution < 1.29 is 26.4 Å². The van der Waals surface area contributed by atoms with E-state index in [0.717, 1.165) is 12.1 Å². The predicted octanol–water partition coefficient (Wildman–Crippen LogP) is 1.61. The first kappa shape index (κ1) is 19.7. The minimum atomic E-state index is -4.60. The Bertz CT molecular complexity index is 714. The average Bonchev–Trinajstić information content (AvgIpc) is 2.53. The number of nitrogens with zero attached hydrogens (tertiary/aromatic N) is 2. The van der Waals surface area contributed by atoms with Gasteiger partial charge in [-0.15, -0.1) is 0 Å². The van der Waals surface area contributed by atoms with Crippen molar-refractivity contribution in [3.05, 3.63) is 29.8 Å². The van der Waals surface area contributed by atoms with E-state index in [9.17, 15) is 26.4 Å². The van der Waals surface area contributed by atoms with E-state index in [1.54, 1.807) is 0 Å². The number of anilines is 1. The van der Waals surface area contributed by atoms with Gasteiger partial charge in [-0.2, -0.15) is 17.5 Å². The van der Waals surface area contributed by atoms with Crippen molar-refractivity contribution in [3.8, 4) is 0 Å². The molecule has 0 unspecified atom stereocenters. The Labute approximate surface area is 144 Å². The van der Waals surface area contributed by atoms with Crippen molar-refractivity contribution in [1.82, 2.24) is 9.21 Å². The molecule has 10 heteroatoms. The predicted molar refractivity (Wildman–Crippen MR) is 87.5 cm³/mol. The molecule has 1 amide bonds. The van der Waals surface area contributed by atoms with Gasteiger partial charge in [-0.25, -0.2) is 8.42 Å². The van der Waals surface area contributed by atoms with Gasteiger partial charge in [0.05, 0.1) is 17.0 Å². The van der Waals surface area contributed by atoms with Crippen LogP contribution in [0.4, 0.5) is 18.9 Å². The van der Waals surface area contributed by atoms with Gasteiger partial charge in [0.1, 0.15) is 0 Å². The summed E-state index contributed by atoms with van der Waals surface area (Å²) < 4.78 is 64.4. The zero-order chi connectivity index (χ0) is 18.7. The Kier molecular flexibility index (Phi) is 6.07. The number of rotatable bonds is 5. The first-order valence-electron chi connectivity index (χ1n) is 7.72. The van der Waals surface area contributed by atoms with Crippen LogP contribution in [0.2, 0.25) is 0 Å². The Morgan fingerprint density at radius 1 is 1.16 bits per heavy atom. The average molecular weight is 379 g/mol. The number of benzene rings is 1. The largest absolute Gasteiger partial charge is 0.418 e. The highest BCUT2D eigenvalue weighted by molar-refractivity contribution is 7.89. The molecule has 1 heterocycles. The third kappa shape index (κ3) is 5.41. The fourth-order valence-electron chi connectivity index (χ4n) is 2.47. The molecule has 2 rings (SSSR count). The summed E-state index contributed by atoms with van der Waals surface area (Å²) in [4.78, 5) is 13.9. The molecule has 0 atom stereocenters. The van der Waals surface area contributed by atoms with Crippen molar-refractivity contribution in [2.75, 3.05) is 44.3 Å². The van der Waals surface area contributed by atoms with Crippen LogP contribution in [-0.2, 0) is 21.0 Å². The number of carbonyl (C=O) groups excluding carboxylic acids is 1. The third-order valence-electron chi connectivity index (χ3n) is 3.95. The summed E-state index contributed by atoms with van der Waals surface area (Å²) in [5.41, 5.74) is -1.35. The number of hydrogen-bond donors (Lipinski definition) is 1. The van der Waals surface area contributed by atoms with Crippen LogP contribution < -0.4 is 5.32 Å². The van der Waals surface area contributed by atoms with Gasteiger partial charge in [-0.1, -0.05) is 12.1 Å². The molecule has 0 radical (unpaired) electrons. The maximum Gasteiger partial charge on any atom is 0.418 e. The van der Waals surface area contributed by atoms with E-state index in [1.165, 1.54) is 16.4 Å². The monoisotopic (exact) mass is 379 g/mol. The molecule has 1 aliphatic rings. The van der Waals surface area contributed by atoms with E-state index in [2.05, 4.69) is 5.32 Å². The molecule has 6 nitrogen and oxygen atoms in total. The van der Waals surface area contributed by atoms with E-state index in [1.807, 2.05) is 11.9 Å². The minimum absolute atomic E-state index is 0.345. The quantitative estimate of drug-likeness (QED) is 0.844. The van der Waals surface area contributed by atoms with E-state index in [4.69, 9.17) is 0 Å². The first-order valence-corrected chi connectivity index (χ1v) is 9.33. The fraction of sp³-hybridized carbons (Fsp3) is 0.533. The molecule has 1 aliphatic heterocycles. The highest BCUT2D eigenvalue weighted by atomic mass is 32.2. The number of alkyl halides is 3. The summed E-state index contributed by atoms with van der Waals surface area (Å²) in [5, 5.41) is 2.15. The molecule has 0 saturated carbocycles. The molecule has 25 heavy (non-hydrogen) atoms. The smallest absolute Gasteiger partial charge is 0.325 e. The van der Waals surface area contributed by atoms with Crippen molar-refractivity contribution in [1.29, 1.82) is 0 Å². The molecular weight excluding hydrogens is 359 g/mol. The van der Waals surface area contributed by atoms with Crippen molar-refractivity contribution in [3.63, 3.8) is 0 Å². The van der Waals surface area contributed by atoms with Crippen LogP contribution in [0, 0.1) is 0 Å². The number of amides is 1. The van der Waals surface area contributed by atoms with Gasteiger partial charge in [0, 0.05) is 32.6 Å². The van der Waals surface area contributed by atoms with E-state index in [0.29, 0.717) is 26.2 Å². The Balaban J connectivity index is 1.95. The second-order valence-corrected chi connectivity index (χ2v) is 7.95. The number of piperazine rings is 1. The summed E-state index contributed by atoms with van der Waals surface area (Å²) in [6.07, 6.45) is -5.00. The van der Waals surface area contributed by atoms with Gasteiger partial charge < -0.3 is 10.2 Å². The zero-order valence-corrected chi connectivity index (χ0v) is 14.5. The first-order chi connectivity index (χ1) is 11.6. The fourth-order valence-corrected chi connectivity index (χ4v) is 3.89. The van der Waals surface area contributed by atoms with Crippen LogP contribution in [0.3, 0.4) is 0 Å². The number of para-hydroxylation sites is 1. The standard InChI is InChI=1S/C15H20F3N3O3S/c1-20-7-9-21(10-8-20)25(23,24)11-6-14(22)19-13-5-3-2-4-12(13)15(16,17)18/h2-5H,6-11H2,1H3,(H,19,22). The minimum Gasteiger partial charge on any atom is -0.325 e. The summed E-state index contributed by atoms with van der Waals surface area (Å²) in [6, 6.07) is 4.58. The molecule has 0 spiro atoms. The molecule has 1 aromatic rings. The summed E-state index contributed by atoms with van der Waals surface area (Å²) in [6.45, 7) is 1.89. The molecule has 0 aromatic heterocycles. The van der Waals surface area contributed by atoms with Crippen LogP contribution >= 0.6 is 0 Å². The number of carbonyl (C=O) groups is 1. The third-order valence-corrected chi connectivity index (χ3v) is 5.82. The summed E-state index contributed by atoms with van der Waals surface area (Å²) in [7, 11) is -1.72. The lowest BCUT2D eigenvalue weighted by atomic mass is 10.1. The summed E-state index contributed by atoms with van der Waals surface area (Å²) >= 11 is 0. The lowest BCUT2D eigenvalue weighted by molar-refractivity contribution is -0.137. The molecule has 1 aromatic carbocycles. The highest BCUT2D eigenvalue weighted by Gasteiger charge is 2.33. The lowest BCUT2D eigenvalue weighted by Gasteiger charge is -2.31. The Hall–Kier alpha value is -1.65. The van der Waals surface area contributed by atoms with Gasteiger partial charge in [0.2, 0.25) is 15.9 Å². The van der Waals surface area contributed by atoms with Crippen LogP contribution in [0.5, 0.6) is 0 Å². The highest BCUT2D eigenvalue weighted by Crippen LogP contribution is 2.34. The van der Waals surface area contributed by atoms with Crippen molar-refractivity contribution in [2.24, 2.45) is 0 Å². The summed E-state index contributed by atoms with van der Waals surface area (Å²) in [5.74, 6) is -1.20. The van der Waals surface area contributed by atoms with Crippen LogP contribution in [0.1, 0.15) is 12.0 Å². The lowest BCUT2D eigenvalue weighted by Crippen LogP contribution is -2.48. The Morgan fingerprint density at radius 3 is 2.36 bits per heavy atom. The van der Waals surface area contributed by atoms with Crippen molar-refractivity contribution >= 4 is 21.6 Å². The SMILES string of the molecule is CN1CCN(S(=O)(=O)CCC(=O)Nc2ccccc2C(F)(F)F)CC1. The van der Waals surface area contributed by atoms with Gasteiger partial charge in [-0.3, -0.25) is 4.79 Å². The number of hydrogen-bond acceptors (Lipinski definition) is 4. The molecule has 0 bridgehead atoms. The van der Waals surface area contributed by atoms with Gasteiger partial charge in [0.25, 0.3) is 0 Å². The van der Waals surface area contributed by atoms with Gasteiger partial charge in [0.15, 0.2) is 0 Å². The molecule has 1 saturated heterocycles.